The fourth-order valence-electron chi connectivity index (χ4n) is 2.80. The van der Waals surface area contributed by atoms with Gasteiger partial charge in [-0.2, -0.15) is 0 Å². The minimum absolute atomic E-state index is 0.270. The van der Waals surface area contributed by atoms with Crippen LogP contribution in [0.2, 0.25) is 0 Å². The number of anilines is 2. The molecule has 0 bridgehead atoms. The average molecular weight is 362 g/mol. The summed E-state index contributed by atoms with van der Waals surface area (Å²) in [6, 6.07) is 15.3. The molecule has 6 heteroatoms. The number of ether oxygens (including phenoxy) is 1. The van der Waals surface area contributed by atoms with Crippen molar-refractivity contribution < 1.29 is 9.53 Å². The monoisotopic (exact) mass is 362 g/mol. The minimum atomic E-state index is -0.270. The summed E-state index contributed by atoms with van der Waals surface area (Å²) in [6.45, 7) is 4.40. The van der Waals surface area contributed by atoms with Crippen molar-refractivity contribution in [2.75, 3.05) is 12.4 Å². The lowest BCUT2D eigenvalue weighted by Gasteiger charge is -2.12. The molecule has 0 aliphatic rings. The van der Waals surface area contributed by atoms with Crippen LogP contribution in [0.1, 0.15) is 27.2 Å². The Morgan fingerprint density at radius 2 is 1.78 bits per heavy atom. The van der Waals surface area contributed by atoms with Crippen LogP contribution in [0, 0.1) is 13.8 Å². The molecule has 0 aliphatic heterocycles. The van der Waals surface area contributed by atoms with E-state index in [9.17, 15) is 4.79 Å². The van der Waals surface area contributed by atoms with Gasteiger partial charge in [0.15, 0.2) is 0 Å². The van der Waals surface area contributed by atoms with Gasteiger partial charge in [-0.1, -0.05) is 36.4 Å². The van der Waals surface area contributed by atoms with Gasteiger partial charge in [0.2, 0.25) is 0 Å². The topological polar surface area (TPSA) is 76.1 Å². The van der Waals surface area contributed by atoms with Crippen molar-refractivity contribution in [3.63, 3.8) is 0 Å². The second kappa shape index (κ2) is 8.31. The number of methoxy groups -OCH3 is 1. The van der Waals surface area contributed by atoms with Gasteiger partial charge in [-0.3, -0.25) is 4.79 Å². The van der Waals surface area contributed by atoms with Crippen molar-refractivity contribution in [2.24, 2.45) is 0 Å². The standard InChI is InChI=1S/C21H22N4O2/c1-14-7-6-8-15(2)20(14)25-19-11-17(23-13-24-19)21(26)22-12-16-9-4-5-10-18(16)27-3/h4-11,13H,12H2,1-3H3,(H,22,26)(H,23,24,25). The van der Waals surface area contributed by atoms with Crippen LogP contribution < -0.4 is 15.4 Å². The van der Waals surface area contributed by atoms with Gasteiger partial charge in [0.05, 0.1) is 7.11 Å². The lowest BCUT2D eigenvalue weighted by molar-refractivity contribution is 0.0945. The Bertz CT molecular complexity index is 936. The SMILES string of the molecule is COc1ccccc1CNC(=O)c1cc(Nc2c(C)cccc2C)ncn1. The lowest BCUT2D eigenvalue weighted by atomic mass is 10.1. The second-order valence-electron chi connectivity index (χ2n) is 6.17. The molecular weight excluding hydrogens is 340 g/mol. The molecule has 27 heavy (non-hydrogen) atoms. The van der Waals surface area contributed by atoms with Crippen LogP contribution in [0.15, 0.2) is 54.9 Å². The van der Waals surface area contributed by atoms with Crippen molar-refractivity contribution in [3.05, 3.63) is 77.2 Å². The third-order valence-electron chi connectivity index (χ3n) is 4.27. The van der Waals surface area contributed by atoms with E-state index < -0.39 is 0 Å². The number of rotatable bonds is 6. The summed E-state index contributed by atoms with van der Waals surface area (Å²) in [5, 5.41) is 6.14. The first-order valence-corrected chi connectivity index (χ1v) is 8.64. The summed E-state index contributed by atoms with van der Waals surface area (Å²) in [4.78, 5) is 20.8. The van der Waals surface area contributed by atoms with Gasteiger partial charge in [0, 0.05) is 23.9 Å². The number of nitrogens with zero attached hydrogens (tertiary/aromatic N) is 2. The molecule has 3 rings (SSSR count). The fourth-order valence-corrected chi connectivity index (χ4v) is 2.80. The number of aryl methyl sites for hydroxylation is 2. The number of carbonyl (C=O) groups is 1. The highest BCUT2D eigenvalue weighted by Crippen LogP contribution is 2.23. The number of carbonyl (C=O) groups excluding carboxylic acids is 1. The molecule has 6 nitrogen and oxygen atoms in total. The lowest BCUT2D eigenvalue weighted by Crippen LogP contribution is -2.24. The van der Waals surface area contributed by atoms with E-state index in [2.05, 4.69) is 20.6 Å². The zero-order valence-corrected chi connectivity index (χ0v) is 15.6. The molecule has 1 amide bonds. The summed E-state index contributed by atoms with van der Waals surface area (Å²) in [5.41, 5.74) is 4.40. The molecule has 0 aliphatic carbocycles. The Morgan fingerprint density at radius 3 is 2.52 bits per heavy atom. The van der Waals surface area contributed by atoms with Gasteiger partial charge in [-0.05, 0) is 31.0 Å². The maximum atomic E-state index is 12.5. The number of hydrogen-bond acceptors (Lipinski definition) is 5. The molecule has 0 atom stereocenters. The van der Waals surface area contributed by atoms with E-state index in [0.717, 1.165) is 28.1 Å². The van der Waals surface area contributed by atoms with E-state index in [1.54, 1.807) is 13.2 Å². The van der Waals surface area contributed by atoms with Gasteiger partial charge < -0.3 is 15.4 Å². The molecule has 0 spiro atoms. The van der Waals surface area contributed by atoms with Gasteiger partial charge >= 0.3 is 0 Å². The maximum absolute atomic E-state index is 12.5. The van der Waals surface area contributed by atoms with Crippen molar-refractivity contribution >= 4 is 17.4 Å². The van der Waals surface area contributed by atoms with E-state index >= 15 is 0 Å². The Labute approximate surface area is 158 Å². The highest BCUT2D eigenvalue weighted by atomic mass is 16.5. The maximum Gasteiger partial charge on any atom is 0.270 e. The number of nitrogens with one attached hydrogen (secondary N) is 2. The normalized spacial score (nSPS) is 10.3. The van der Waals surface area contributed by atoms with Crippen molar-refractivity contribution in [3.8, 4) is 5.75 Å². The van der Waals surface area contributed by atoms with E-state index in [-0.39, 0.29) is 5.91 Å². The van der Waals surface area contributed by atoms with E-state index in [1.807, 2.05) is 56.3 Å². The van der Waals surface area contributed by atoms with Crippen LogP contribution in [0.25, 0.3) is 0 Å². The molecule has 0 fully saturated rings. The molecule has 2 aromatic carbocycles. The van der Waals surface area contributed by atoms with Crippen LogP contribution in [0.4, 0.5) is 11.5 Å². The summed E-state index contributed by atoms with van der Waals surface area (Å²) in [5.74, 6) is 1.04. The summed E-state index contributed by atoms with van der Waals surface area (Å²) in [7, 11) is 1.61. The number of benzene rings is 2. The zero-order chi connectivity index (χ0) is 19.2. The first kappa shape index (κ1) is 18.4. The van der Waals surface area contributed by atoms with Crippen LogP contribution in [-0.4, -0.2) is 23.0 Å². The van der Waals surface area contributed by atoms with E-state index in [1.165, 1.54) is 6.33 Å². The second-order valence-corrected chi connectivity index (χ2v) is 6.17. The average Bonchev–Trinajstić information content (AvgIpc) is 2.69. The third kappa shape index (κ3) is 4.41. The Hall–Kier alpha value is -3.41. The number of aromatic nitrogens is 2. The Kier molecular flexibility index (Phi) is 5.66. The number of para-hydroxylation sites is 2. The largest absolute Gasteiger partial charge is 0.496 e. The van der Waals surface area contributed by atoms with Crippen molar-refractivity contribution in [1.82, 2.24) is 15.3 Å². The Balaban J connectivity index is 1.72. The predicted molar refractivity (Wildman–Crippen MR) is 105 cm³/mol. The van der Waals surface area contributed by atoms with Gasteiger partial charge in [-0.15, -0.1) is 0 Å². The highest BCUT2D eigenvalue weighted by molar-refractivity contribution is 5.93. The first-order chi connectivity index (χ1) is 13.1. The molecule has 0 unspecified atom stereocenters. The molecule has 1 aromatic heterocycles. The smallest absolute Gasteiger partial charge is 0.270 e. The summed E-state index contributed by atoms with van der Waals surface area (Å²) in [6.07, 6.45) is 1.38. The van der Waals surface area contributed by atoms with Gasteiger partial charge in [0.25, 0.3) is 5.91 Å². The predicted octanol–water partition coefficient (Wildman–Crippen LogP) is 3.78. The van der Waals surface area contributed by atoms with E-state index in [0.29, 0.717) is 18.1 Å². The molecular formula is C21H22N4O2. The van der Waals surface area contributed by atoms with Gasteiger partial charge in [0.1, 0.15) is 23.6 Å². The summed E-state index contributed by atoms with van der Waals surface area (Å²) < 4.78 is 5.30. The molecule has 0 saturated carbocycles. The minimum Gasteiger partial charge on any atom is -0.496 e. The van der Waals surface area contributed by atoms with Crippen LogP contribution in [0.3, 0.4) is 0 Å². The van der Waals surface area contributed by atoms with Crippen LogP contribution in [-0.2, 0) is 6.54 Å². The highest BCUT2D eigenvalue weighted by Gasteiger charge is 2.11. The quantitative estimate of drug-likeness (QED) is 0.698. The van der Waals surface area contributed by atoms with Crippen LogP contribution >= 0.6 is 0 Å². The molecule has 0 saturated heterocycles. The zero-order valence-electron chi connectivity index (χ0n) is 15.6. The molecule has 2 N–H and O–H groups in total. The molecule has 1 heterocycles. The fraction of sp³-hybridized carbons (Fsp3) is 0.190. The van der Waals surface area contributed by atoms with Crippen molar-refractivity contribution in [2.45, 2.75) is 20.4 Å². The third-order valence-corrected chi connectivity index (χ3v) is 4.27. The van der Waals surface area contributed by atoms with Gasteiger partial charge in [-0.25, -0.2) is 9.97 Å². The van der Waals surface area contributed by atoms with Crippen molar-refractivity contribution in [1.29, 1.82) is 0 Å². The molecule has 0 radical (unpaired) electrons. The first-order valence-electron chi connectivity index (χ1n) is 8.64. The molecule has 3 aromatic rings. The number of hydrogen-bond donors (Lipinski definition) is 2. The van der Waals surface area contributed by atoms with Crippen LogP contribution in [0.5, 0.6) is 5.75 Å². The Morgan fingerprint density at radius 1 is 1.04 bits per heavy atom. The molecule has 138 valence electrons. The van der Waals surface area contributed by atoms with E-state index in [4.69, 9.17) is 4.74 Å². The summed E-state index contributed by atoms with van der Waals surface area (Å²) >= 11 is 0. The number of amides is 1.